The van der Waals surface area contributed by atoms with E-state index in [1.807, 2.05) is 41.0 Å². The first kappa shape index (κ1) is 17.2. The lowest BCUT2D eigenvalue weighted by molar-refractivity contribution is 0.0841. The van der Waals surface area contributed by atoms with Gasteiger partial charge < -0.3 is 0 Å². The van der Waals surface area contributed by atoms with Gasteiger partial charge in [-0.2, -0.15) is 0 Å². The molecular weight excluding hydrogens is 348 g/mol. The molecule has 0 radical (unpaired) electrons. The lowest BCUT2D eigenvalue weighted by atomic mass is 10.0. The van der Waals surface area contributed by atoms with Crippen LogP contribution in [0.15, 0.2) is 47.4 Å². The van der Waals surface area contributed by atoms with Gasteiger partial charge in [-0.05, 0) is 62.9 Å². The van der Waals surface area contributed by atoms with Crippen molar-refractivity contribution in [2.45, 2.75) is 51.4 Å². The van der Waals surface area contributed by atoms with E-state index in [0.29, 0.717) is 11.4 Å². The minimum absolute atomic E-state index is 0.0635. The summed E-state index contributed by atoms with van der Waals surface area (Å²) < 4.78 is 1.88. The Morgan fingerprint density at radius 2 is 2.07 bits per heavy atom. The molecule has 0 bridgehead atoms. The molecule has 0 aliphatic carbocycles. The summed E-state index contributed by atoms with van der Waals surface area (Å²) in [6.07, 6.45) is 4.03. The van der Waals surface area contributed by atoms with Crippen molar-refractivity contribution in [3.8, 4) is 11.8 Å². The maximum absolute atomic E-state index is 13.1. The molecule has 2 aromatic heterocycles. The number of rotatable bonds is 0. The normalized spacial score (nSPS) is 20.3. The van der Waals surface area contributed by atoms with Gasteiger partial charge in [-0.25, -0.2) is 9.97 Å². The fourth-order valence-corrected chi connectivity index (χ4v) is 4.44. The standard InChI is InChI=1S/C23H22N4O/c1-23(2)11-10-18-14-26-21(15-27(18)23)25-20-13-16(7-9-19(20)22(26)28)6-8-17-5-3-4-12-24-17/h3-5,7,9,12-13,18H,10-11,14-15H2,1-2H3. The highest BCUT2D eigenvalue weighted by Gasteiger charge is 2.42. The van der Waals surface area contributed by atoms with E-state index in [1.54, 1.807) is 6.20 Å². The molecule has 0 amide bonds. The quantitative estimate of drug-likeness (QED) is 0.571. The molecule has 1 aromatic carbocycles. The Morgan fingerprint density at radius 1 is 1.18 bits per heavy atom. The number of aromatic nitrogens is 3. The molecule has 5 heteroatoms. The Kier molecular flexibility index (Phi) is 3.85. The Hall–Kier alpha value is -2.97. The maximum Gasteiger partial charge on any atom is 0.261 e. The molecule has 5 nitrogen and oxygen atoms in total. The zero-order valence-electron chi connectivity index (χ0n) is 16.1. The molecule has 140 valence electrons. The van der Waals surface area contributed by atoms with Crippen LogP contribution in [0.1, 0.15) is 43.8 Å². The Labute approximate surface area is 164 Å². The van der Waals surface area contributed by atoms with E-state index in [2.05, 4.69) is 35.6 Å². The van der Waals surface area contributed by atoms with Gasteiger partial charge in [0.25, 0.3) is 5.56 Å². The van der Waals surface area contributed by atoms with Crippen molar-refractivity contribution in [3.05, 3.63) is 70.0 Å². The molecule has 0 N–H and O–H groups in total. The molecule has 1 unspecified atom stereocenters. The molecule has 2 aliphatic rings. The lowest BCUT2D eigenvalue weighted by Crippen LogP contribution is -2.50. The second-order valence-electron chi connectivity index (χ2n) is 8.27. The van der Waals surface area contributed by atoms with E-state index in [-0.39, 0.29) is 11.1 Å². The Morgan fingerprint density at radius 3 is 2.89 bits per heavy atom. The third-order valence-corrected chi connectivity index (χ3v) is 6.05. The summed E-state index contributed by atoms with van der Waals surface area (Å²) in [7, 11) is 0. The average Bonchev–Trinajstić information content (AvgIpc) is 3.00. The van der Waals surface area contributed by atoms with E-state index in [9.17, 15) is 4.79 Å². The monoisotopic (exact) mass is 370 g/mol. The van der Waals surface area contributed by atoms with Crippen molar-refractivity contribution in [3.63, 3.8) is 0 Å². The van der Waals surface area contributed by atoms with Gasteiger partial charge in [0.15, 0.2) is 0 Å². The van der Waals surface area contributed by atoms with Crippen LogP contribution in [0.4, 0.5) is 0 Å². The van der Waals surface area contributed by atoms with Crippen molar-refractivity contribution in [2.75, 3.05) is 0 Å². The second-order valence-corrected chi connectivity index (χ2v) is 8.27. The zero-order valence-corrected chi connectivity index (χ0v) is 16.1. The van der Waals surface area contributed by atoms with Crippen LogP contribution in [0, 0.1) is 11.8 Å². The number of hydrogen-bond acceptors (Lipinski definition) is 4. The van der Waals surface area contributed by atoms with Crippen molar-refractivity contribution in [1.82, 2.24) is 19.4 Å². The van der Waals surface area contributed by atoms with Gasteiger partial charge >= 0.3 is 0 Å². The van der Waals surface area contributed by atoms with Crippen molar-refractivity contribution < 1.29 is 0 Å². The molecular formula is C23H22N4O. The first-order valence-electron chi connectivity index (χ1n) is 9.74. The first-order chi connectivity index (χ1) is 13.5. The highest BCUT2D eigenvalue weighted by atomic mass is 16.1. The van der Waals surface area contributed by atoms with E-state index < -0.39 is 0 Å². The minimum Gasteiger partial charge on any atom is -0.293 e. The summed E-state index contributed by atoms with van der Waals surface area (Å²) in [6, 6.07) is 11.8. The van der Waals surface area contributed by atoms with Crippen LogP contribution in [0.3, 0.4) is 0 Å². The molecule has 1 fully saturated rings. The highest BCUT2D eigenvalue weighted by Crippen LogP contribution is 2.37. The van der Waals surface area contributed by atoms with Crippen LogP contribution >= 0.6 is 0 Å². The van der Waals surface area contributed by atoms with Gasteiger partial charge in [-0.3, -0.25) is 14.3 Å². The molecule has 5 rings (SSSR count). The summed E-state index contributed by atoms with van der Waals surface area (Å²) in [5, 5.41) is 0.665. The molecule has 1 saturated heterocycles. The molecule has 0 spiro atoms. The molecule has 0 saturated carbocycles. The Balaban J connectivity index is 1.56. The van der Waals surface area contributed by atoms with Crippen LogP contribution in [0.25, 0.3) is 10.9 Å². The van der Waals surface area contributed by atoms with Gasteiger partial charge in [0.05, 0.1) is 17.4 Å². The summed E-state index contributed by atoms with van der Waals surface area (Å²) in [4.78, 5) is 24.7. The third-order valence-electron chi connectivity index (χ3n) is 6.05. The number of pyridine rings is 1. The van der Waals surface area contributed by atoms with Crippen LogP contribution in [0.5, 0.6) is 0 Å². The highest BCUT2D eigenvalue weighted by molar-refractivity contribution is 5.79. The fourth-order valence-electron chi connectivity index (χ4n) is 4.44. The van der Waals surface area contributed by atoms with Crippen molar-refractivity contribution in [1.29, 1.82) is 0 Å². The average molecular weight is 370 g/mol. The lowest BCUT2D eigenvalue weighted by Gasteiger charge is -2.39. The van der Waals surface area contributed by atoms with E-state index in [0.717, 1.165) is 48.5 Å². The van der Waals surface area contributed by atoms with Crippen LogP contribution in [0.2, 0.25) is 0 Å². The van der Waals surface area contributed by atoms with Crippen LogP contribution in [-0.2, 0) is 13.1 Å². The van der Waals surface area contributed by atoms with E-state index >= 15 is 0 Å². The van der Waals surface area contributed by atoms with Gasteiger partial charge in [0, 0.05) is 29.9 Å². The minimum atomic E-state index is 0.0635. The number of fused-ring (bicyclic) bond motifs is 3. The van der Waals surface area contributed by atoms with Crippen LogP contribution in [-0.4, -0.2) is 31.0 Å². The smallest absolute Gasteiger partial charge is 0.261 e. The van der Waals surface area contributed by atoms with E-state index in [1.165, 1.54) is 0 Å². The topological polar surface area (TPSA) is 51.0 Å². The molecule has 4 heterocycles. The molecule has 1 atom stereocenters. The second kappa shape index (κ2) is 6.29. The van der Waals surface area contributed by atoms with Gasteiger partial charge in [-0.1, -0.05) is 12.0 Å². The Bertz CT molecular complexity index is 1180. The SMILES string of the molecule is CC1(C)CCC2Cn3c(nc4cc(C#Cc5ccccn5)ccc4c3=O)CN21. The summed E-state index contributed by atoms with van der Waals surface area (Å²) >= 11 is 0. The predicted octanol–water partition coefficient (Wildman–Crippen LogP) is 2.95. The fraction of sp³-hybridized carbons (Fsp3) is 0.348. The third kappa shape index (κ3) is 2.81. The molecule has 28 heavy (non-hydrogen) atoms. The number of nitrogens with zero attached hydrogens (tertiary/aromatic N) is 4. The number of hydrogen-bond donors (Lipinski definition) is 0. The van der Waals surface area contributed by atoms with Gasteiger partial charge in [0.1, 0.15) is 11.5 Å². The number of benzene rings is 1. The summed E-state index contributed by atoms with van der Waals surface area (Å²) in [6.45, 7) is 6.04. The van der Waals surface area contributed by atoms with Gasteiger partial charge in [0.2, 0.25) is 0 Å². The predicted molar refractivity (Wildman–Crippen MR) is 109 cm³/mol. The molecule has 3 aromatic rings. The summed E-state index contributed by atoms with van der Waals surface area (Å²) in [5.41, 5.74) is 2.51. The molecule has 2 aliphatic heterocycles. The van der Waals surface area contributed by atoms with Crippen molar-refractivity contribution in [2.24, 2.45) is 0 Å². The van der Waals surface area contributed by atoms with Crippen molar-refractivity contribution >= 4 is 10.9 Å². The summed E-state index contributed by atoms with van der Waals surface area (Å²) in [5.74, 6) is 7.05. The first-order valence-corrected chi connectivity index (χ1v) is 9.74. The van der Waals surface area contributed by atoms with Gasteiger partial charge in [-0.15, -0.1) is 0 Å². The maximum atomic E-state index is 13.1. The van der Waals surface area contributed by atoms with Crippen LogP contribution < -0.4 is 5.56 Å². The largest absolute Gasteiger partial charge is 0.293 e. The van der Waals surface area contributed by atoms with E-state index in [4.69, 9.17) is 4.98 Å². The zero-order chi connectivity index (χ0) is 19.3.